The number of benzene rings is 2. The third-order valence-electron chi connectivity index (χ3n) is 9.21. The second-order valence-electron chi connectivity index (χ2n) is 13.8. The van der Waals surface area contributed by atoms with Crippen molar-refractivity contribution in [2.24, 2.45) is 0 Å². The first-order valence-electron chi connectivity index (χ1n) is 19.1. The second kappa shape index (κ2) is 19.6. The van der Waals surface area contributed by atoms with Crippen LogP contribution in [0.3, 0.4) is 0 Å². The molecule has 4 heterocycles. The Hall–Kier alpha value is -4.64. The molecule has 268 valence electrons. The Morgan fingerprint density at radius 1 is 0.500 bits per heavy atom. The number of aryl methyl sites for hydroxylation is 2. The summed E-state index contributed by atoms with van der Waals surface area (Å²) in [6.45, 7) is 9.09. The van der Waals surface area contributed by atoms with E-state index in [2.05, 4.69) is 120 Å². The Kier molecular flexibility index (Phi) is 14.2. The molecule has 0 fully saturated rings. The maximum atomic E-state index is 4.58. The topological polar surface area (TPSA) is 51.6 Å². The summed E-state index contributed by atoms with van der Waals surface area (Å²) in [5.41, 5.74) is 11.7. The molecule has 0 spiro atoms. The van der Waals surface area contributed by atoms with E-state index >= 15 is 0 Å². The monoisotopic (exact) mass is 798 g/mol. The molecular formula is C48H48N4SiZr. The van der Waals surface area contributed by atoms with Gasteiger partial charge in [0.15, 0.2) is 0 Å². The van der Waals surface area contributed by atoms with Crippen molar-refractivity contribution in [2.45, 2.75) is 65.5 Å². The van der Waals surface area contributed by atoms with E-state index in [0.717, 1.165) is 46.7 Å². The van der Waals surface area contributed by atoms with Gasteiger partial charge in [-0.05, 0) is 83.6 Å². The number of aromatic nitrogens is 4. The van der Waals surface area contributed by atoms with Crippen LogP contribution in [-0.4, -0.2) is 25.4 Å². The van der Waals surface area contributed by atoms with Gasteiger partial charge >= 0.3 is 41.9 Å². The molecule has 4 aromatic heterocycles. The van der Waals surface area contributed by atoms with E-state index in [4.69, 9.17) is 0 Å². The number of pyridine rings is 4. The van der Waals surface area contributed by atoms with Crippen molar-refractivity contribution in [2.75, 3.05) is 0 Å². The molecule has 54 heavy (non-hydrogen) atoms. The van der Waals surface area contributed by atoms with Gasteiger partial charge in [-0.3, -0.25) is 19.9 Å². The molecule has 4 nitrogen and oxygen atoms in total. The number of fused-ring (bicyclic) bond motifs is 2. The van der Waals surface area contributed by atoms with Crippen molar-refractivity contribution in [1.82, 2.24) is 19.9 Å². The molecular weight excluding hydrogens is 752 g/mol. The van der Waals surface area contributed by atoms with E-state index in [9.17, 15) is 0 Å². The van der Waals surface area contributed by atoms with Crippen LogP contribution < -0.4 is 0 Å². The van der Waals surface area contributed by atoms with Gasteiger partial charge in [-0.2, -0.15) is 12.1 Å². The third-order valence-corrected chi connectivity index (χ3v) is 9.21. The Morgan fingerprint density at radius 2 is 0.852 bits per heavy atom. The van der Waals surface area contributed by atoms with Gasteiger partial charge in [-0.1, -0.05) is 75.9 Å². The molecule has 0 aliphatic heterocycles. The molecule has 0 radical (unpaired) electrons. The van der Waals surface area contributed by atoms with Gasteiger partial charge in [0.1, 0.15) is 0 Å². The number of hydrogen-bond acceptors (Lipinski definition) is 4. The van der Waals surface area contributed by atoms with E-state index < -0.39 is 0 Å². The van der Waals surface area contributed by atoms with Crippen LogP contribution >= 0.6 is 0 Å². The number of rotatable bonds is 10. The van der Waals surface area contributed by atoms with Crippen molar-refractivity contribution in [3.63, 3.8) is 0 Å². The number of unbranched alkanes of at least 4 members (excludes halogenated alkanes) is 2. The van der Waals surface area contributed by atoms with Crippen molar-refractivity contribution in [1.29, 1.82) is 0 Å². The van der Waals surface area contributed by atoms with Gasteiger partial charge in [-0.25, -0.2) is 0 Å². The van der Waals surface area contributed by atoms with Gasteiger partial charge in [0, 0.05) is 24.8 Å². The zero-order valence-electron chi connectivity index (χ0n) is 31.9. The average Bonchev–Trinajstić information content (AvgIpc) is 3.83. The fourth-order valence-electron chi connectivity index (χ4n) is 6.65. The van der Waals surface area contributed by atoms with Gasteiger partial charge in [-0.15, -0.1) is 56.9 Å². The summed E-state index contributed by atoms with van der Waals surface area (Å²) in [5, 5.41) is 5.11. The first kappa shape index (κ1) is 39.1. The molecule has 0 amide bonds. The summed E-state index contributed by atoms with van der Waals surface area (Å²) in [5.74, 6) is 0. The Balaban J connectivity index is 0.000000168. The first-order chi connectivity index (χ1) is 26.4. The molecule has 4 aromatic carbocycles. The molecule has 8 aromatic rings. The summed E-state index contributed by atoms with van der Waals surface area (Å²) in [6.07, 6.45) is 14.5. The van der Waals surface area contributed by atoms with Gasteiger partial charge in [0.25, 0.3) is 0 Å². The third kappa shape index (κ3) is 10.3. The van der Waals surface area contributed by atoms with E-state index in [1.54, 1.807) is 23.3 Å². The molecule has 0 unspecified atom stereocenters. The quantitative estimate of drug-likeness (QED) is 0.102. The molecule has 0 saturated carbocycles. The fourth-order valence-corrected chi connectivity index (χ4v) is 6.65. The van der Waals surface area contributed by atoms with Crippen LogP contribution in [0, 0.1) is 0 Å². The van der Waals surface area contributed by atoms with Crippen LogP contribution in [0.25, 0.3) is 66.6 Å². The van der Waals surface area contributed by atoms with Crippen molar-refractivity contribution in [3.8, 4) is 45.0 Å². The Morgan fingerprint density at radius 3 is 1.17 bits per heavy atom. The molecule has 0 saturated heterocycles. The predicted octanol–water partition coefficient (Wildman–Crippen LogP) is 12.8. The molecule has 0 aliphatic carbocycles. The molecule has 0 N–H and O–H groups in total. The SMILES string of the molecule is CCCCc1cc2c(-c3ccccn3)cc(-c3ccccn3)cc2[cH-]1.CCCCc1cc2c(-c3ccccn3)cc(-c3ccccn3)cc2[cH-]1.C[Si](C)=[Zr+2]. The minimum absolute atomic E-state index is 0.210. The number of nitrogens with zero attached hydrogens (tertiary/aromatic N) is 4. The zero-order chi connectivity index (χ0) is 37.7. The molecule has 8 rings (SSSR count). The van der Waals surface area contributed by atoms with Crippen LogP contribution in [-0.2, 0) is 36.2 Å². The molecule has 0 atom stereocenters. The zero-order valence-corrected chi connectivity index (χ0v) is 35.3. The summed E-state index contributed by atoms with van der Waals surface area (Å²) in [6, 6.07) is 42.5. The van der Waals surface area contributed by atoms with Crippen LogP contribution in [0.15, 0.2) is 146 Å². The molecule has 0 bridgehead atoms. The van der Waals surface area contributed by atoms with Crippen LogP contribution in [0.1, 0.15) is 50.7 Å². The van der Waals surface area contributed by atoms with Crippen molar-refractivity contribution >= 4 is 27.0 Å². The fraction of sp³-hybridized carbons (Fsp3) is 0.208. The summed E-state index contributed by atoms with van der Waals surface area (Å²) in [7, 11) is 0. The van der Waals surface area contributed by atoms with Gasteiger partial charge in [0.2, 0.25) is 0 Å². The molecule has 6 heteroatoms. The van der Waals surface area contributed by atoms with Crippen LogP contribution in [0.5, 0.6) is 0 Å². The Bertz CT molecular complexity index is 2220. The molecule has 0 aliphatic rings. The first-order valence-corrected chi connectivity index (χ1v) is 25.3. The van der Waals surface area contributed by atoms with Crippen LogP contribution in [0.2, 0.25) is 13.1 Å². The minimum atomic E-state index is 0.210. The Labute approximate surface area is 335 Å². The van der Waals surface area contributed by atoms with E-state index in [-0.39, 0.29) is 5.43 Å². The van der Waals surface area contributed by atoms with Crippen molar-refractivity contribution in [3.05, 3.63) is 157 Å². The van der Waals surface area contributed by atoms with E-state index in [1.165, 1.54) is 69.5 Å². The van der Waals surface area contributed by atoms with Gasteiger partial charge in [0.05, 0.1) is 22.8 Å². The second-order valence-corrected chi connectivity index (χ2v) is 23.2. The summed E-state index contributed by atoms with van der Waals surface area (Å²) in [4.78, 5) is 18.2. The number of hydrogen-bond donors (Lipinski definition) is 0. The van der Waals surface area contributed by atoms with Crippen molar-refractivity contribution < 1.29 is 23.3 Å². The van der Waals surface area contributed by atoms with E-state index in [1.807, 2.05) is 73.3 Å². The normalized spacial score (nSPS) is 10.8. The standard InChI is InChI=1S/2C23H21N2.C2H6Si.Zr/c2*1-2-3-8-17-13-18-15-19(22-9-4-6-11-24-22)16-21(20(18)14-17)23-10-5-7-12-25-23;1-3-2;/h2*4-7,9-16H,2-3,8H2,1H3;1-2H3;/q2*-1;;+2. The van der Waals surface area contributed by atoms with E-state index in [0.29, 0.717) is 0 Å². The maximum absolute atomic E-state index is 4.58. The van der Waals surface area contributed by atoms with Crippen LogP contribution in [0.4, 0.5) is 0 Å². The summed E-state index contributed by atoms with van der Waals surface area (Å²) < 4.78 is 0. The predicted molar refractivity (Wildman–Crippen MR) is 227 cm³/mol. The average molecular weight is 800 g/mol. The van der Waals surface area contributed by atoms with Gasteiger partial charge < -0.3 is 0 Å². The summed E-state index contributed by atoms with van der Waals surface area (Å²) >= 11 is 1.74.